The molecule has 1 amide bonds. The number of likely N-dealkylation sites (tertiary alicyclic amines) is 1. The molecule has 2 N–H and O–H groups in total. The van der Waals surface area contributed by atoms with Gasteiger partial charge in [-0.3, -0.25) is 9.78 Å². The van der Waals surface area contributed by atoms with Crippen molar-refractivity contribution < 1.29 is 4.79 Å². The van der Waals surface area contributed by atoms with E-state index in [1.54, 1.807) is 12.4 Å². The number of carbonyl (C=O) groups is 1. The molecule has 1 fully saturated rings. The first-order chi connectivity index (χ1) is 9.24. The van der Waals surface area contributed by atoms with Crippen LogP contribution in [0.25, 0.3) is 10.9 Å². The van der Waals surface area contributed by atoms with Gasteiger partial charge in [-0.2, -0.15) is 0 Å². The number of carbonyl (C=O) groups excluding carboxylic acids is 1. The summed E-state index contributed by atoms with van der Waals surface area (Å²) >= 11 is 0. The summed E-state index contributed by atoms with van der Waals surface area (Å²) in [5, 5.41) is 1.11. The molecule has 1 saturated heterocycles. The van der Waals surface area contributed by atoms with Gasteiger partial charge in [0.2, 0.25) is 5.91 Å². The molecule has 0 atom stereocenters. The Morgan fingerprint density at radius 2 is 2.16 bits per heavy atom. The lowest BCUT2D eigenvalue weighted by molar-refractivity contribution is -0.132. The van der Waals surface area contributed by atoms with Gasteiger partial charge in [0.25, 0.3) is 0 Å². The lowest BCUT2D eigenvalue weighted by Gasteiger charge is -2.30. The predicted octanol–water partition coefficient (Wildman–Crippen LogP) is 0.986. The molecule has 1 aliphatic heterocycles. The minimum absolute atomic E-state index is 0.160. The first-order valence-electron chi connectivity index (χ1n) is 6.66. The maximum absolute atomic E-state index is 12.3. The molecule has 0 bridgehead atoms. The summed E-state index contributed by atoms with van der Waals surface area (Å²) < 4.78 is 1.96. The average molecular weight is 258 g/mol. The van der Waals surface area contributed by atoms with Gasteiger partial charge in [-0.05, 0) is 25.0 Å². The maximum atomic E-state index is 12.3. The Kier molecular flexibility index (Phi) is 3.21. The lowest BCUT2D eigenvalue weighted by atomic mass is 10.1. The highest BCUT2D eigenvalue weighted by Gasteiger charge is 2.20. The van der Waals surface area contributed by atoms with E-state index in [4.69, 9.17) is 5.73 Å². The zero-order valence-corrected chi connectivity index (χ0v) is 10.8. The van der Waals surface area contributed by atoms with Crippen molar-refractivity contribution in [3.05, 3.63) is 30.7 Å². The van der Waals surface area contributed by atoms with Crippen molar-refractivity contribution in [3.63, 3.8) is 0 Å². The molecule has 3 rings (SSSR count). The SMILES string of the molecule is NC1CCN(C(=O)Cn2ccc3ccncc32)CC1. The first kappa shape index (κ1) is 12.2. The third kappa shape index (κ3) is 2.46. The summed E-state index contributed by atoms with van der Waals surface area (Å²) in [5.41, 5.74) is 6.86. The van der Waals surface area contributed by atoms with Gasteiger partial charge in [-0.1, -0.05) is 0 Å². The molecule has 2 aromatic rings. The van der Waals surface area contributed by atoms with Crippen LogP contribution in [0, 0.1) is 0 Å². The van der Waals surface area contributed by atoms with Gasteiger partial charge < -0.3 is 15.2 Å². The van der Waals surface area contributed by atoms with Crippen molar-refractivity contribution in [2.75, 3.05) is 13.1 Å². The van der Waals surface area contributed by atoms with Crippen molar-refractivity contribution in [2.24, 2.45) is 5.73 Å². The van der Waals surface area contributed by atoms with Gasteiger partial charge in [0.15, 0.2) is 0 Å². The third-order valence-corrected chi connectivity index (χ3v) is 3.77. The number of piperidine rings is 1. The average Bonchev–Trinajstić information content (AvgIpc) is 2.83. The van der Waals surface area contributed by atoms with Crippen LogP contribution in [0.2, 0.25) is 0 Å². The third-order valence-electron chi connectivity index (χ3n) is 3.77. The minimum atomic E-state index is 0.160. The van der Waals surface area contributed by atoms with Crippen molar-refractivity contribution in [2.45, 2.75) is 25.4 Å². The fourth-order valence-corrected chi connectivity index (χ4v) is 2.56. The number of pyridine rings is 1. The normalized spacial score (nSPS) is 17.0. The zero-order valence-electron chi connectivity index (χ0n) is 10.8. The molecule has 3 heterocycles. The molecule has 0 radical (unpaired) electrons. The van der Waals surface area contributed by atoms with E-state index in [-0.39, 0.29) is 11.9 Å². The molecule has 0 spiro atoms. The van der Waals surface area contributed by atoms with Gasteiger partial charge in [-0.15, -0.1) is 0 Å². The summed E-state index contributed by atoms with van der Waals surface area (Å²) in [5.74, 6) is 0.160. The Labute approximate surface area is 112 Å². The van der Waals surface area contributed by atoms with Crippen LogP contribution in [0.1, 0.15) is 12.8 Å². The monoisotopic (exact) mass is 258 g/mol. The Morgan fingerprint density at radius 1 is 1.37 bits per heavy atom. The molecule has 0 unspecified atom stereocenters. The van der Waals surface area contributed by atoms with Crippen molar-refractivity contribution in [1.29, 1.82) is 0 Å². The largest absolute Gasteiger partial charge is 0.341 e. The molecule has 0 saturated carbocycles. The van der Waals surface area contributed by atoms with E-state index in [9.17, 15) is 4.79 Å². The second kappa shape index (κ2) is 5.01. The minimum Gasteiger partial charge on any atom is -0.341 e. The Balaban J connectivity index is 1.72. The number of aromatic nitrogens is 2. The number of hydrogen-bond acceptors (Lipinski definition) is 3. The first-order valence-corrected chi connectivity index (χ1v) is 6.66. The van der Waals surface area contributed by atoms with Crippen molar-refractivity contribution in [3.8, 4) is 0 Å². The molecule has 0 aromatic carbocycles. The van der Waals surface area contributed by atoms with Gasteiger partial charge >= 0.3 is 0 Å². The number of rotatable bonds is 2. The van der Waals surface area contributed by atoms with E-state index in [1.807, 2.05) is 27.8 Å². The Morgan fingerprint density at radius 3 is 2.95 bits per heavy atom. The van der Waals surface area contributed by atoms with E-state index in [1.165, 1.54) is 0 Å². The molecular weight excluding hydrogens is 240 g/mol. The lowest BCUT2D eigenvalue weighted by Crippen LogP contribution is -2.44. The van der Waals surface area contributed by atoms with Crippen LogP contribution in [0.3, 0.4) is 0 Å². The van der Waals surface area contributed by atoms with Crippen molar-refractivity contribution in [1.82, 2.24) is 14.5 Å². The molecule has 19 heavy (non-hydrogen) atoms. The number of fused-ring (bicyclic) bond motifs is 1. The quantitative estimate of drug-likeness (QED) is 0.873. The van der Waals surface area contributed by atoms with Crippen LogP contribution in [0.5, 0.6) is 0 Å². The van der Waals surface area contributed by atoms with Crippen LogP contribution in [0.4, 0.5) is 0 Å². The predicted molar refractivity (Wildman–Crippen MR) is 73.5 cm³/mol. The van der Waals surface area contributed by atoms with E-state index in [0.29, 0.717) is 6.54 Å². The number of hydrogen-bond donors (Lipinski definition) is 1. The Bertz CT molecular complexity index is 584. The maximum Gasteiger partial charge on any atom is 0.242 e. The van der Waals surface area contributed by atoms with Crippen LogP contribution in [0.15, 0.2) is 30.7 Å². The van der Waals surface area contributed by atoms with Crippen molar-refractivity contribution >= 4 is 16.8 Å². The number of nitrogens with zero attached hydrogens (tertiary/aromatic N) is 3. The van der Waals surface area contributed by atoms with Crippen LogP contribution in [-0.4, -0.2) is 39.5 Å². The summed E-state index contributed by atoms with van der Waals surface area (Å²) in [6.07, 6.45) is 7.31. The topological polar surface area (TPSA) is 64.2 Å². The summed E-state index contributed by atoms with van der Waals surface area (Å²) in [6, 6.07) is 4.22. The fourth-order valence-electron chi connectivity index (χ4n) is 2.56. The fraction of sp³-hybridized carbons (Fsp3) is 0.429. The second-order valence-electron chi connectivity index (χ2n) is 5.10. The zero-order chi connectivity index (χ0) is 13.2. The molecule has 1 aliphatic rings. The van der Waals surface area contributed by atoms with Gasteiger partial charge in [0.05, 0.1) is 11.7 Å². The van der Waals surface area contributed by atoms with Crippen LogP contribution in [-0.2, 0) is 11.3 Å². The van der Waals surface area contributed by atoms with Gasteiger partial charge in [-0.25, -0.2) is 0 Å². The van der Waals surface area contributed by atoms with E-state index < -0.39 is 0 Å². The highest BCUT2D eigenvalue weighted by molar-refractivity contribution is 5.82. The highest BCUT2D eigenvalue weighted by Crippen LogP contribution is 2.15. The number of amides is 1. The molecule has 0 aliphatic carbocycles. The molecular formula is C14H18N4O. The van der Waals surface area contributed by atoms with Gasteiger partial charge in [0.1, 0.15) is 6.54 Å². The van der Waals surface area contributed by atoms with E-state index >= 15 is 0 Å². The Hall–Kier alpha value is -1.88. The summed E-state index contributed by atoms with van der Waals surface area (Å²) in [4.78, 5) is 18.3. The number of nitrogens with two attached hydrogens (primary N) is 1. The summed E-state index contributed by atoms with van der Waals surface area (Å²) in [6.45, 7) is 1.93. The smallest absolute Gasteiger partial charge is 0.242 e. The molecule has 2 aromatic heterocycles. The molecule has 5 nitrogen and oxygen atoms in total. The van der Waals surface area contributed by atoms with Crippen LogP contribution < -0.4 is 5.73 Å². The van der Waals surface area contributed by atoms with E-state index in [0.717, 1.165) is 36.8 Å². The molecule has 100 valence electrons. The second-order valence-corrected chi connectivity index (χ2v) is 5.10. The highest BCUT2D eigenvalue weighted by atomic mass is 16.2. The van der Waals surface area contributed by atoms with Crippen LogP contribution >= 0.6 is 0 Å². The van der Waals surface area contributed by atoms with Gasteiger partial charge in [0, 0.05) is 36.9 Å². The summed E-state index contributed by atoms with van der Waals surface area (Å²) in [7, 11) is 0. The standard InChI is InChI=1S/C14H18N4O/c15-12-3-7-17(8-4-12)14(19)10-18-6-2-11-1-5-16-9-13(11)18/h1-2,5-6,9,12H,3-4,7-8,10,15H2. The van der Waals surface area contributed by atoms with E-state index in [2.05, 4.69) is 4.98 Å². The molecule has 5 heteroatoms.